The molecule has 98 heavy (non-hydrogen) atoms. The first-order valence-electron chi connectivity index (χ1n) is 33.2. The van der Waals surface area contributed by atoms with Gasteiger partial charge in [0.1, 0.15) is 0 Å². The first kappa shape index (κ1) is 56.3. The summed E-state index contributed by atoms with van der Waals surface area (Å²) in [5, 5.41) is 4.38. The Kier molecular flexibility index (Phi) is 13.4. The van der Waals surface area contributed by atoms with E-state index in [0.717, 1.165) is 200 Å². The van der Waals surface area contributed by atoms with E-state index in [4.69, 9.17) is 19.9 Å². The number of benzene rings is 9. The Labute approximate surface area is 564 Å². The van der Waals surface area contributed by atoms with Gasteiger partial charge in [0.05, 0.1) is 45.6 Å². The summed E-state index contributed by atoms with van der Waals surface area (Å²) in [7, 11) is 0. The number of aromatic amines is 4. The predicted molar refractivity (Wildman–Crippen MR) is 410 cm³/mol. The Morgan fingerprint density at radius 1 is 0.184 bits per heavy atom. The van der Waals surface area contributed by atoms with Gasteiger partial charge in [0.2, 0.25) is 0 Å². The molecule has 0 radical (unpaired) electrons. The molecule has 15 aromatic rings. The number of aromatic nitrogens is 8. The Morgan fingerprint density at radius 3 is 0.724 bits per heavy atom. The highest BCUT2D eigenvalue weighted by Gasteiger charge is 2.24. The van der Waals surface area contributed by atoms with Crippen molar-refractivity contribution in [1.29, 1.82) is 0 Å². The number of H-pyrrole nitrogens is 4. The van der Waals surface area contributed by atoms with Crippen molar-refractivity contribution < 1.29 is 0 Å². The van der Waals surface area contributed by atoms with E-state index in [-0.39, 0.29) is 0 Å². The zero-order chi connectivity index (χ0) is 64.6. The van der Waals surface area contributed by atoms with Gasteiger partial charge in [0.25, 0.3) is 0 Å². The fourth-order valence-electron chi connectivity index (χ4n) is 14.9. The molecule has 0 aliphatic carbocycles. The standard InChI is InChI=1S/C90H58N8/c1-7-20-56(21-8-1)83-66-38-40-70(91-66)85(58-24-11-3-12-25-58)74-46-48-78(95-74)89(79-49-47-75(96-79)86(59-26-13-4-14-27-59)71-41-39-67(83)92-71)63-37-35-55-34-36-62-32-19-33-64(82(62)65(55)54-63)90-80-52-50-76(97-80)87(60-28-15-5-16-29-60)72-44-42-68(93-72)84(57-22-9-2-10-23-57)69-43-45-73(94-69)88(61-30-17-6-18-31-61)77-51-53-81(90)98-77/h1-54,91,93,96,98H. The minimum Gasteiger partial charge on any atom is -0.354 e. The van der Waals surface area contributed by atoms with Crippen molar-refractivity contribution >= 4 is 114 Å². The van der Waals surface area contributed by atoms with Crippen molar-refractivity contribution in [2.75, 3.05) is 0 Å². The molecule has 16 bridgehead atoms. The fourth-order valence-corrected chi connectivity index (χ4v) is 14.9. The third kappa shape index (κ3) is 9.69. The summed E-state index contributed by atoms with van der Waals surface area (Å²) in [6.45, 7) is 0. The van der Waals surface area contributed by atoms with Crippen LogP contribution in [0, 0.1) is 0 Å². The van der Waals surface area contributed by atoms with Crippen molar-refractivity contribution in [3.8, 4) is 89.0 Å². The summed E-state index contributed by atoms with van der Waals surface area (Å²) in [4.78, 5) is 38.5. The summed E-state index contributed by atoms with van der Waals surface area (Å²) in [6.07, 6.45) is 17.3. The van der Waals surface area contributed by atoms with Crippen LogP contribution in [0.4, 0.5) is 0 Å². The molecule has 458 valence electrons. The third-order valence-corrected chi connectivity index (χ3v) is 19.3. The van der Waals surface area contributed by atoms with Crippen LogP contribution in [0.15, 0.2) is 279 Å². The average Bonchev–Trinajstić information content (AvgIpc) is 1.52. The lowest BCUT2D eigenvalue weighted by molar-refractivity contribution is 1.31. The molecule has 8 heteroatoms. The molecule has 0 spiro atoms. The van der Waals surface area contributed by atoms with Gasteiger partial charge in [0.15, 0.2) is 0 Å². The van der Waals surface area contributed by atoms with Crippen LogP contribution in [0.5, 0.6) is 0 Å². The smallest absolute Gasteiger partial charge is 0.0737 e. The fraction of sp³-hybridized carbons (Fsp3) is 0. The number of hydrogen-bond acceptors (Lipinski definition) is 4. The summed E-state index contributed by atoms with van der Waals surface area (Å²) in [5.74, 6) is 0. The topological polar surface area (TPSA) is 115 Å². The lowest BCUT2D eigenvalue weighted by atomic mass is 9.91. The second kappa shape index (κ2) is 23.3. The number of hydrogen-bond donors (Lipinski definition) is 4. The maximum absolute atomic E-state index is 5.77. The minimum absolute atomic E-state index is 0.831. The number of rotatable bonds is 8. The molecule has 0 amide bonds. The summed E-state index contributed by atoms with van der Waals surface area (Å²) >= 11 is 0. The van der Waals surface area contributed by atoms with Gasteiger partial charge in [0, 0.05) is 88.6 Å². The zero-order valence-electron chi connectivity index (χ0n) is 53.0. The van der Waals surface area contributed by atoms with E-state index in [9.17, 15) is 0 Å². The summed E-state index contributed by atoms with van der Waals surface area (Å²) in [6, 6.07) is 99.2. The molecule has 4 aliphatic rings. The molecule has 0 unspecified atom stereocenters. The maximum atomic E-state index is 5.77. The van der Waals surface area contributed by atoms with E-state index in [1.807, 2.05) is 0 Å². The van der Waals surface area contributed by atoms with Gasteiger partial charge >= 0.3 is 0 Å². The largest absolute Gasteiger partial charge is 0.354 e. The number of fused-ring (bicyclic) bond motifs is 19. The Hall–Kier alpha value is -13.3. The minimum atomic E-state index is 0.831. The molecular weight excluding hydrogens is 1190 g/mol. The van der Waals surface area contributed by atoms with Gasteiger partial charge in [-0.25, -0.2) is 19.9 Å². The monoisotopic (exact) mass is 1250 g/mol. The van der Waals surface area contributed by atoms with Crippen LogP contribution < -0.4 is 0 Å². The van der Waals surface area contributed by atoms with Crippen LogP contribution in [-0.4, -0.2) is 39.9 Å². The van der Waals surface area contributed by atoms with E-state index >= 15 is 0 Å². The summed E-state index contributed by atoms with van der Waals surface area (Å²) in [5.41, 5.74) is 30.6. The maximum Gasteiger partial charge on any atom is 0.0737 e. The Balaban J connectivity index is 0.903. The molecular formula is C90H58N8. The Morgan fingerprint density at radius 2 is 0.429 bits per heavy atom. The molecule has 0 atom stereocenters. The van der Waals surface area contributed by atoms with E-state index in [2.05, 4.69) is 348 Å². The van der Waals surface area contributed by atoms with Crippen molar-refractivity contribution in [2.45, 2.75) is 0 Å². The average molecular weight is 1250 g/mol. The number of nitrogens with zero attached hydrogens (tertiary/aromatic N) is 4. The van der Waals surface area contributed by atoms with Crippen molar-refractivity contribution in [3.63, 3.8) is 0 Å². The molecule has 0 fully saturated rings. The van der Waals surface area contributed by atoms with E-state index in [1.165, 1.54) is 0 Å². The van der Waals surface area contributed by atoms with Crippen LogP contribution in [0.1, 0.15) is 45.6 Å². The highest BCUT2D eigenvalue weighted by Crippen LogP contribution is 2.45. The van der Waals surface area contributed by atoms with Gasteiger partial charge in [-0.3, -0.25) is 0 Å². The van der Waals surface area contributed by atoms with Gasteiger partial charge in [-0.1, -0.05) is 224 Å². The molecule has 6 aromatic heterocycles. The zero-order valence-corrected chi connectivity index (χ0v) is 53.0. The highest BCUT2D eigenvalue weighted by molar-refractivity contribution is 6.18. The SMILES string of the molecule is C1=Cc2nc1c(-c1ccccc1)c1ccc([nH]1)c(-c1ccccc1)c1nc(c(-c3ccc4ccc5cccc(-c6c7nc(c(-c8ccccc8)c8ccc([nH]8)c(-c8ccccc8)c8nc(c(-c9ccccc9)c9ccc6[nH]9)C=C8)C=C7)c5c4c3)c3ccc([nH]3)c2-c2ccccc2)C=C1. The molecule has 4 aliphatic heterocycles. The number of nitrogens with one attached hydrogen (secondary N) is 4. The van der Waals surface area contributed by atoms with Crippen LogP contribution in [0.2, 0.25) is 0 Å². The van der Waals surface area contributed by atoms with Crippen molar-refractivity contribution in [2.24, 2.45) is 0 Å². The van der Waals surface area contributed by atoms with Crippen LogP contribution in [0.3, 0.4) is 0 Å². The van der Waals surface area contributed by atoms with Gasteiger partial charge in [-0.15, -0.1) is 0 Å². The van der Waals surface area contributed by atoms with E-state index in [1.54, 1.807) is 0 Å². The normalized spacial score (nSPS) is 12.3. The van der Waals surface area contributed by atoms with Gasteiger partial charge in [-0.05, 0) is 169 Å². The van der Waals surface area contributed by atoms with Crippen LogP contribution in [-0.2, 0) is 0 Å². The lowest BCUT2D eigenvalue weighted by Gasteiger charge is -2.13. The highest BCUT2D eigenvalue weighted by atomic mass is 14.8. The summed E-state index contributed by atoms with van der Waals surface area (Å²) < 4.78 is 0. The van der Waals surface area contributed by atoms with Crippen LogP contribution >= 0.6 is 0 Å². The van der Waals surface area contributed by atoms with Gasteiger partial charge < -0.3 is 19.9 Å². The van der Waals surface area contributed by atoms with E-state index < -0.39 is 0 Å². The quantitative estimate of drug-likeness (QED) is 0.113. The first-order valence-corrected chi connectivity index (χ1v) is 33.2. The molecule has 0 saturated carbocycles. The Bertz CT molecular complexity index is 6180. The van der Waals surface area contributed by atoms with E-state index in [0.29, 0.717) is 0 Å². The lowest BCUT2D eigenvalue weighted by Crippen LogP contribution is -1.91. The predicted octanol–water partition coefficient (Wildman–Crippen LogP) is 23.3. The molecule has 8 nitrogen and oxygen atoms in total. The molecule has 0 saturated heterocycles. The molecule has 19 rings (SSSR count). The van der Waals surface area contributed by atoms with Crippen molar-refractivity contribution in [1.82, 2.24) is 39.9 Å². The molecule has 4 N–H and O–H groups in total. The third-order valence-electron chi connectivity index (χ3n) is 19.3. The van der Waals surface area contributed by atoms with Crippen LogP contribution in [0.25, 0.3) is 203 Å². The molecule has 10 heterocycles. The molecule has 9 aromatic carbocycles. The second-order valence-corrected chi connectivity index (χ2v) is 25.1. The van der Waals surface area contributed by atoms with Gasteiger partial charge in [-0.2, -0.15) is 0 Å². The second-order valence-electron chi connectivity index (χ2n) is 25.1. The first-order chi connectivity index (χ1) is 48.6. The van der Waals surface area contributed by atoms with Crippen molar-refractivity contribution in [3.05, 3.63) is 325 Å².